The van der Waals surface area contributed by atoms with Crippen molar-refractivity contribution >= 4 is 15.8 Å². The van der Waals surface area contributed by atoms with Gasteiger partial charge in [0.1, 0.15) is 5.54 Å². The smallest absolute Gasteiger partial charge is 0.327 e. The zero-order chi connectivity index (χ0) is 14.8. The van der Waals surface area contributed by atoms with Crippen LogP contribution in [0.25, 0.3) is 0 Å². The third kappa shape index (κ3) is 4.17. The topological polar surface area (TPSA) is 75.7 Å². The number of hydrogen-bond acceptors (Lipinski definition) is 6. The zero-order valence-corrected chi connectivity index (χ0v) is 13.0. The monoisotopic (exact) mass is 304 g/mol. The molecule has 7 heteroatoms. The molecule has 1 unspecified atom stereocenters. The van der Waals surface area contributed by atoms with Gasteiger partial charge in [-0.3, -0.25) is 15.0 Å². The fourth-order valence-corrected chi connectivity index (χ4v) is 3.77. The summed E-state index contributed by atoms with van der Waals surface area (Å²) in [7, 11) is -2.89. The number of rotatable bonds is 6. The molecule has 0 amide bonds. The molecular weight excluding hydrogens is 280 g/mol. The Hall–Kier alpha value is -0.660. The number of esters is 1. The van der Waals surface area contributed by atoms with E-state index in [0.29, 0.717) is 32.3 Å². The summed E-state index contributed by atoms with van der Waals surface area (Å²) >= 11 is 0. The van der Waals surface area contributed by atoms with Gasteiger partial charge in [0, 0.05) is 25.7 Å². The number of nitrogens with zero attached hydrogens (tertiary/aromatic N) is 1. The highest BCUT2D eigenvalue weighted by Gasteiger charge is 2.41. The molecule has 6 nitrogen and oxygen atoms in total. The maximum absolute atomic E-state index is 12.2. The van der Waals surface area contributed by atoms with Crippen molar-refractivity contribution in [2.24, 2.45) is 0 Å². The molecule has 0 bridgehead atoms. The lowest BCUT2D eigenvalue weighted by Gasteiger charge is -2.36. The summed E-state index contributed by atoms with van der Waals surface area (Å²) in [6.45, 7) is 5.48. The standard InChI is InChI=1S/C13H24N2O4S/c1-3-19-12(16)13(2,14-11-4-5-11)10-15-6-8-20(17,18)9-7-15/h11,14H,3-10H2,1-2H3. The molecule has 0 aromatic carbocycles. The van der Waals surface area contributed by atoms with Crippen molar-refractivity contribution in [3.8, 4) is 0 Å². The van der Waals surface area contributed by atoms with Crippen molar-refractivity contribution in [3.05, 3.63) is 0 Å². The van der Waals surface area contributed by atoms with Crippen LogP contribution in [-0.4, -0.2) is 68.6 Å². The second kappa shape index (κ2) is 5.99. The molecule has 1 saturated heterocycles. The molecule has 0 radical (unpaired) electrons. The molecule has 116 valence electrons. The maximum atomic E-state index is 12.2. The van der Waals surface area contributed by atoms with Crippen molar-refractivity contribution in [2.45, 2.75) is 38.3 Å². The summed E-state index contributed by atoms with van der Waals surface area (Å²) in [6.07, 6.45) is 2.17. The SMILES string of the molecule is CCOC(=O)C(C)(CN1CCS(=O)(=O)CC1)NC1CC1. The Morgan fingerprint density at radius 3 is 2.45 bits per heavy atom. The first-order valence-electron chi connectivity index (χ1n) is 7.22. The van der Waals surface area contributed by atoms with Gasteiger partial charge < -0.3 is 4.74 Å². The highest BCUT2D eigenvalue weighted by atomic mass is 32.2. The second-order valence-corrected chi connectivity index (χ2v) is 8.20. The van der Waals surface area contributed by atoms with Gasteiger partial charge in [-0.15, -0.1) is 0 Å². The molecule has 20 heavy (non-hydrogen) atoms. The van der Waals surface area contributed by atoms with Gasteiger partial charge >= 0.3 is 5.97 Å². The van der Waals surface area contributed by atoms with E-state index in [-0.39, 0.29) is 17.5 Å². The first kappa shape index (κ1) is 15.7. The van der Waals surface area contributed by atoms with Crippen LogP contribution in [0.3, 0.4) is 0 Å². The average molecular weight is 304 g/mol. The van der Waals surface area contributed by atoms with Gasteiger partial charge in [-0.1, -0.05) is 0 Å². The van der Waals surface area contributed by atoms with Crippen LogP contribution < -0.4 is 5.32 Å². The van der Waals surface area contributed by atoms with Gasteiger partial charge in [-0.05, 0) is 26.7 Å². The molecule has 0 spiro atoms. The molecule has 2 fully saturated rings. The number of carbonyl (C=O) groups is 1. The van der Waals surface area contributed by atoms with Crippen LogP contribution in [0, 0.1) is 0 Å². The Bertz CT molecular complexity index is 447. The maximum Gasteiger partial charge on any atom is 0.327 e. The molecule has 1 atom stereocenters. The first-order chi connectivity index (χ1) is 9.35. The molecule has 2 aliphatic rings. The lowest BCUT2D eigenvalue weighted by Crippen LogP contribution is -2.60. The van der Waals surface area contributed by atoms with Crippen LogP contribution in [0.2, 0.25) is 0 Å². The van der Waals surface area contributed by atoms with Gasteiger partial charge in [0.05, 0.1) is 18.1 Å². The summed E-state index contributed by atoms with van der Waals surface area (Å²) in [4.78, 5) is 14.2. The van der Waals surface area contributed by atoms with E-state index in [2.05, 4.69) is 5.32 Å². The first-order valence-corrected chi connectivity index (χ1v) is 9.04. The minimum Gasteiger partial charge on any atom is -0.465 e. The largest absolute Gasteiger partial charge is 0.465 e. The Labute approximate surface area is 120 Å². The molecule has 0 aromatic rings. The van der Waals surface area contributed by atoms with Crippen molar-refractivity contribution in [1.82, 2.24) is 10.2 Å². The molecule has 1 aliphatic heterocycles. The van der Waals surface area contributed by atoms with E-state index < -0.39 is 15.4 Å². The lowest BCUT2D eigenvalue weighted by atomic mass is 10.0. The van der Waals surface area contributed by atoms with Crippen LogP contribution in [0.1, 0.15) is 26.7 Å². The van der Waals surface area contributed by atoms with Gasteiger partial charge in [-0.2, -0.15) is 0 Å². The predicted molar refractivity (Wildman–Crippen MR) is 76.3 cm³/mol. The van der Waals surface area contributed by atoms with Gasteiger partial charge in [0.2, 0.25) is 0 Å². The Kier molecular flexibility index (Phi) is 4.71. The van der Waals surface area contributed by atoms with Crippen LogP contribution in [-0.2, 0) is 19.4 Å². The van der Waals surface area contributed by atoms with Gasteiger partial charge in [-0.25, -0.2) is 8.42 Å². The molecule has 1 saturated carbocycles. The van der Waals surface area contributed by atoms with Crippen molar-refractivity contribution < 1.29 is 17.9 Å². The van der Waals surface area contributed by atoms with E-state index >= 15 is 0 Å². The third-order valence-corrected chi connectivity index (χ3v) is 5.41. The minimum atomic E-state index is -2.89. The zero-order valence-electron chi connectivity index (χ0n) is 12.2. The normalized spacial score (nSPS) is 25.9. The number of ether oxygens (including phenoxy) is 1. The second-order valence-electron chi connectivity index (χ2n) is 5.90. The fourth-order valence-electron chi connectivity index (χ4n) is 2.49. The molecule has 1 N–H and O–H groups in total. The van der Waals surface area contributed by atoms with Crippen molar-refractivity contribution in [2.75, 3.05) is 37.7 Å². The Morgan fingerprint density at radius 2 is 1.95 bits per heavy atom. The van der Waals surface area contributed by atoms with E-state index in [1.54, 1.807) is 6.92 Å². The number of carbonyl (C=O) groups excluding carboxylic acids is 1. The third-order valence-electron chi connectivity index (χ3n) is 3.80. The van der Waals surface area contributed by atoms with E-state index in [0.717, 1.165) is 12.8 Å². The molecule has 2 rings (SSSR count). The average Bonchev–Trinajstić information content (AvgIpc) is 3.16. The van der Waals surface area contributed by atoms with E-state index in [9.17, 15) is 13.2 Å². The molecule has 1 heterocycles. The molecule has 1 aliphatic carbocycles. The van der Waals surface area contributed by atoms with E-state index in [1.165, 1.54) is 0 Å². The Morgan fingerprint density at radius 1 is 1.35 bits per heavy atom. The van der Waals surface area contributed by atoms with E-state index in [4.69, 9.17) is 4.74 Å². The van der Waals surface area contributed by atoms with Crippen molar-refractivity contribution in [1.29, 1.82) is 0 Å². The van der Waals surface area contributed by atoms with Crippen LogP contribution in [0.15, 0.2) is 0 Å². The molecule has 0 aromatic heterocycles. The van der Waals surface area contributed by atoms with E-state index in [1.807, 2.05) is 11.8 Å². The summed E-state index contributed by atoms with van der Waals surface area (Å²) in [5.41, 5.74) is -0.752. The lowest BCUT2D eigenvalue weighted by molar-refractivity contribution is -0.151. The highest BCUT2D eigenvalue weighted by molar-refractivity contribution is 7.91. The fraction of sp³-hybridized carbons (Fsp3) is 0.923. The van der Waals surface area contributed by atoms with Crippen LogP contribution in [0.5, 0.6) is 0 Å². The minimum absolute atomic E-state index is 0.176. The van der Waals surface area contributed by atoms with Crippen molar-refractivity contribution in [3.63, 3.8) is 0 Å². The quantitative estimate of drug-likeness (QED) is 0.685. The highest BCUT2D eigenvalue weighted by Crippen LogP contribution is 2.24. The summed E-state index contributed by atoms with van der Waals surface area (Å²) in [5, 5.41) is 3.35. The Balaban J connectivity index is 1.98. The summed E-state index contributed by atoms with van der Waals surface area (Å²) in [6, 6.07) is 0.387. The van der Waals surface area contributed by atoms with Gasteiger partial charge in [0.15, 0.2) is 9.84 Å². The number of nitrogens with one attached hydrogen (secondary N) is 1. The van der Waals surface area contributed by atoms with Crippen LogP contribution >= 0.6 is 0 Å². The molecular formula is C13H24N2O4S. The summed E-state index contributed by atoms with van der Waals surface area (Å²) in [5.74, 6) is 0.102. The number of hydrogen-bond donors (Lipinski definition) is 1. The number of sulfone groups is 1. The van der Waals surface area contributed by atoms with Crippen LogP contribution in [0.4, 0.5) is 0 Å². The predicted octanol–water partition coefficient (Wildman–Crippen LogP) is -0.209. The van der Waals surface area contributed by atoms with Gasteiger partial charge in [0.25, 0.3) is 0 Å². The summed E-state index contributed by atoms with van der Waals surface area (Å²) < 4.78 is 28.1.